The van der Waals surface area contributed by atoms with Gasteiger partial charge < -0.3 is 0 Å². The van der Waals surface area contributed by atoms with E-state index in [2.05, 4.69) is 36.5 Å². The van der Waals surface area contributed by atoms with Crippen molar-refractivity contribution in [2.75, 3.05) is 0 Å². The highest BCUT2D eigenvalue weighted by molar-refractivity contribution is 5.18. The topological polar surface area (TPSA) is 0 Å². The molecule has 0 saturated carbocycles. The molecule has 0 aromatic rings. The lowest BCUT2D eigenvalue weighted by Crippen LogP contribution is -1.67. The minimum absolute atomic E-state index is 1.17. The van der Waals surface area contributed by atoms with E-state index in [0.717, 1.165) is 0 Å². The van der Waals surface area contributed by atoms with Gasteiger partial charge in [-0.3, -0.25) is 0 Å². The fourth-order valence-corrected chi connectivity index (χ4v) is 1.09. The van der Waals surface area contributed by atoms with E-state index in [4.69, 9.17) is 0 Å². The second-order valence-electron chi connectivity index (χ2n) is 2.94. The average molecular weight is 172 g/mol. The van der Waals surface area contributed by atoms with Crippen molar-refractivity contribution >= 4 is 0 Å². The van der Waals surface area contributed by atoms with Gasteiger partial charge in [0.15, 0.2) is 0 Å². The summed E-state index contributed by atoms with van der Waals surface area (Å²) in [6.45, 7) is 0. The van der Waals surface area contributed by atoms with Crippen LogP contribution in [0.3, 0.4) is 0 Å². The van der Waals surface area contributed by atoms with Crippen LogP contribution in [0.1, 0.15) is 19.3 Å². The third-order valence-corrected chi connectivity index (χ3v) is 1.79. The number of hydrogen-bond donors (Lipinski definition) is 0. The fraction of sp³-hybridized carbons (Fsp3) is 0.231. The molecule has 0 nitrogen and oxygen atoms in total. The molecule has 0 aromatic carbocycles. The summed E-state index contributed by atoms with van der Waals surface area (Å²) in [5.74, 6) is 0. The summed E-state index contributed by atoms with van der Waals surface area (Å²) in [5.41, 5.74) is 0. The Morgan fingerprint density at radius 2 is 0.846 bits per heavy atom. The Bertz CT molecular complexity index is 223. The van der Waals surface area contributed by atoms with E-state index in [1.54, 1.807) is 0 Å². The predicted octanol–water partition coefficient (Wildman–Crippen LogP) is 3.95. The molecule has 0 fully saturated rings. The van der Waals surface area contributed by atoms with Crippen molar-refractivity contribution in [2.24, 2.45) is 0 Å². The molecule has 0 unspecified atom stereocenters. The summed E-state index contributed by atoms with van der Waals surface area (Å²) in [6, 6.07) is 0. The Balaban J connectivity index is 2.51. The van der Waals surface area contributed by atoms with Gasteiger partial charge in [0.1, 0.15) is 0 Å². The van der Waals surface area contributed by atoms with Crippen molar-refractivity contribution < 1.29 is 0 Å². The molecule has 0 spiro atoms. The molecule has 13 heavy (non-hydrogen) atoms. The lowest BCUT2D eigenvalue weighted by Gasteiger charge is -1.87. The third kappa shape index (κ3) is 5.92. The van der Waals surface area contributed by atoms with Gasteiger partial charge in [-0.25, -0.2) is 0 Å². The highest BCUT2D eigenvalue weighted by atomic mass is 13.8. The highest BCUT2D eigenvalue weighted by Crippen LogP contribution is 1.99. The number of allylic oxidation sites excluding steroid dienone is 10. The Morgan fingerprint density at radius 3 is 1.31 bits per heavy atom. The van der Waals surface area contributed by atoms with Gasteiger partial charge in [-0.15, -0.1) is 0 Å². The SMILES string of the molecule is C1=CC=CC=CCCCC=CC=C1. The molecule has 0 amide bonds. The largest absolute Gasteiger partial charge is 0.0845 e. The van der Waals surface area contributed by atoms with Gasteiger partial charge in [-0.2, -0.15) is 0 Å². The monoisotopic (exact) mass is 172 g/mol. The molecule has 68 valence electrons. The molecule has 1 aliphatic carbocycles. The lowest BCUT2D eigenvalue weighted by molar-refractivity contribution is 0.868. The molecule has 0 saturated heterocycles. The van der Waals surface area contributed by atoms with Gasteiger partial charge in [0, 0.05) is 0 Å². The quantitative estimate of drug-likeness (QED) is 0.519. The van der Waals surface area contributed by atoms with E-state index in [1.807, 2.05) is 24.3 Å². The highest BCUT2D eigenvalue weighted by Gasteiger charge is 1.78. The first-order chi connectivity index (χ1) is 6.50. The zero-order valence-electron chi connectivity index (χ0n) is 7.89. The van der Waals surface area contributed by atoms with Gasteiger partial charge in [-0.1, -0.05) is 60.8 Å². The normalized spacial score (nSPS) is 17.8. The van der Waals surface area contributed by atoms with Gasteiger partial charge in [0.2, 0.25) is 0 Å². The Kier molecular flexibility index (Phi) is 5.54. The first-order valence-electron chi connectivity index (χ1n) is 4.82. The van der Waals surface area contributed by atoms with Crippen molar-refractivity contribution in [3.8, 4) is 0 Å². The molecular weight excluding hydrogens is 156 g/mol. The van der Waals surface area contributed by atoms with E-state index >= 15 is 0 Å². The van der Waals surface area contributed by atoms with Crippen LogP contribution in [0.2, 0.25) is 0 Å². The second-order valence-corrected chi connectivity index (χ2v) is 2.94. The van der Waals surface area contributed by atoms with Crippen molar-refractivity contribution in [3.63, 3.8) is 0 Å². The molecule has 0 atom stereocenters. The predicted molar refractivity (Wildman–Crippen MR) is 59.6 cm³/mol. The molecule has 0 bridgehead atoms. The van der Waals surface area contributed by atoms with Crippen LogP contribution in [0.15, 0.2) is 60.8 Å². The van der Waals surface area contributed by atoms with Crippen LogP contribution in [0.5, 0.6) is 0 Å². The smallest absolute Gasteiger partial charge is 0.0345 e. The maximum atomic E-state index is 2.21. The number of rotatable bonds is 0. The molecule has 0 N–H and O–H groups in total. The lowest BCUT2D eigenvalue weighted by atomic mass is 10.2. The Hall–Kier alpha value is -1.30. The van der Waals surface area contributed by atoms with Crippen LogP contribution < -0.4 is 0 Å². The minimum atomic E-state index is 1.17. The first kappa shape index (κ1) is 9.79. The zero-order valence-corrected chi connectivity index (χ0v) is 7.89. The first-order valence-corrected chi connectivity index (χ1v) is 4.82. The molecule has 0 heteroatoms. The van der Waals surface area contributed by atoms with Gasteiger partial charge in [0.05, 0.1) is 0 Å². The summed E-state index contributed by atoms with van der Waals surface area (Å²) in [5, 5.41) is 0. The van der Waals surface area contributed by atoms with E-state index in [0.29, 0.717) is 0 Å². The van der Waals surface area contributed by atoms with Crippen molar-refractivity contribution in [1.29, 1.82) is 0 Å². The Morgan fingerprint density at radius 1 is 0.462 bits per heavy atom. The average Bonchev–Trinajstić information content (AvgIpc) is 2.18. The fourth-order valence-electron chi connectivity index (χ4n) is 1.09. The van der Waals surface area contributed by atoms with E-state index < -0.39 is 0 Å². The second kappa shape index (κ2) is 7.35. The number of hydrogen-bond acceptors (Lipinski definition) is 0. The van der Waals surface area contributed by atoms with E-state index in [-0.39, 0.29) is 0 Å². The maximum absolute atomic E-state index is 2.21. The standard InChI is InChI=1S/C13H16/c1-2-4-6-8-10-12-13-11-9-7-5-3-1/h1-10H,11-13H2. The van der Waals surface area contributed by atoms with Crippen LogP contribution in [0, 0.1) is 0 Å². The van der Waals surface area contributed by atoms with Gasteiger partial charge in [-0.05, 0) is 19.3 Å². The van der Waals surface area contributed by atoms with Crippen molar-refractivity contribution in [2.45, 2.75) is 19.3 Å². The van der Waals surface area contributed by atoms with Gasteiger partial charge in [0.25, 0.3) is 0 Å². The molecule has 0 aromatic heterocycles. The maximum Gasteiger partial charge on any atom is -0.0345 e. The van der Waals surface area contributed by atoms with E-state index in [9.17, 15) is 0 Å². The molecular formula is C13H16. The van der Waals surface area contributed by atoms with Crippen LogP contribution in [0.4, 0.5) is 0 Å². The minimum Gasteiger partial charge on any atom is -0.0845 e. The van der Waals surface area contributed by atoms with Crippen molar-refractivity contribution in [3.05, 3.63) is 60.8 Å². The third-order valence-electron chi connectivity index (χ3n) is 1.79. The molecule has 0 radical (unpaired) electrons. The summed E-state index contributed by atoms with van der Waals surface area (Å²) in [7, 11) is 0. The van der Waals surface area contributed by atoms with Crippen LogP contribution in [0.25, 0.3) is 0 Å². The molecule has 1 aliphatic rings. The summed E-state index contributed by atoms with van der Waals surface area (Å²) in [4.78, 5) is 0. The molecule has 0 aliphatic heterocycles. The summed E-state index contributed by atoms with van der Waals surface area (Å²) < 4.78 is 0. The van der Waals surface area contributed by atoms with E-state index in [1.165, 1.54) is 19.3 Å². The van der Waals surface area contributed by atoms with Crippen LogP contribution in [-0.4, -0.2) is 0 Å². The summed E-state index contributed by atoms with van der Waals surface area (Å²) >= 11 is 0. The zero-order chi connectivity index (χ0) is 9.19. The molecule has 0 heterocycles. The van der Waals surface area contributed by atoms with Crippen LogP contribution >= 0.6 is 0 Å². The Labute approximate surface area is 80.7 Å². The van der Waals surface area contributed by atoms with Crippen molar-refractivity contribution in [1.82, 2.24) is 0 Å². The molecule has 1 rings (SSSR count). The van der Waals surface area contributed by atoms with Crippen LogP contribution in [-0.2, 0) is 0 Å². The summed E-state index contributed by atoms with van der Waals surface area (Å²) in [6.07, 6.45) is 24.5. The van der Waals surface area contributed by atoms with Gasteiger partial charge >= 0.3 is 0 Å².